The predicted octanol–water partition coefficient (Wildman–Crippen LogP) is 3.90. The molecule has 2 N–H and O–H groups in total. The molecule has 0 spiro atoms. The molecule has 0 aliphatic carbocycles. The summed E-state index contributed by atoms with van der Waals surface area (Å²) in [5, 5.41) is 20.5. The second kappa shape index (κ2) is 8.57. The number of rotatable bonds is 6. The number of benzene rings is 2. The van der Waals surface area contributed by atoms with Crippen LogP contribution in [0.25, 0.3) is 11.1 Å². The highest BCUT2D eigenvalue weighted by atomic mass is 35.5. The van der Waals surface area contributed by atoms with E-state index in [4.69, 9.17) is 16.7 Å². The van der Waals surface area contributed by atoms with Crippen molar-refractivity contribution >= 4 is 45.9 Å². The molecule has 27 heavy (non-hydrogen) atoms. The van der Waals surface area contributed by atoms with Crippen LogP contribution >= 0.6 is 22.9 Å². The Labute approximate surface area is 164 Å². The molecule has 0 unspecified atom stereocenters. The Morgan fingerprint density at radius 2 is 1.70 bits per heavy atom. The second-order valence-corrected chi connectivity index (χ2v) is 6.88. The molecule has 0 saturated carbocycles. The molecule has 3 rings (SSSR count). The third kappa shape index (κ3) is 4.99. The van der Waals surface area contributed by atoms with E-state index in [0.29, 0.717) is 16.6 Å². The summed E-state index contributed by atoms with van der Waals surface area (Å²) >= 11 is 7.34. The van der Waals surface area contributed by atoms with Crippen LogP contribution in [0.3, 0.4) is 0 Å². The van der Waals surface area contributed by atoms with Crippen LogP contribution in [-0.2, 0) is 6.54 Å². The fourth-order valence-electron chi connectivity index (χ4n) is 2.20. The van der Waals surface area contributed by atoms with Crippen LogP contribution in [0.1, 0.15) is 36.3 Å². The van der Waals surface area contributed by atoms with Gasteiger partial charge in [-0.1, -0.05) is 65.4 Å². The van der Waals surface area contributed by atoms with E-state index in [9.17, 15) is 9.59 Å². The van der Waals surface area contributed by atoms with Crippen molar-refractivity contribution in [1.29, 1.82) is 0 Å². The Bertz CT molecular complexity index is 985. The van der Waals surface area contributed by atoms with Gasteiger partial charge in [-0.3, -0.25) is 4.79 Å². The zero-order valence-corrected chi connectivity index (χ0v) is 15.5. The minimum atomic E-state index is -0.994. The van der Waals surface area contributed by atoms with Gasteiger partial charge in [-0.25, -0.2) is 4.79 Å². The molecule has 8 heteroatoms. The lowest BCUT2D eigenvalue weighted by Crippen LogP contribution is -2.22. The molecular weight excluding hydrogens is 386 g/mol. The first-order chi connectivity index (χ1) is 13.0. The van der Waals surface area contributed by atoms with Crippen molar-refractivity contribution in [2.24, 2.45) is 0 Å². The van der Waals surface area contributed by atoms with Gasteiger partial charge in [-0.2, -0.15) is 0 Å². The normalized spacial score (nSPS) is 11.2. The number of carbonyl (C=O) groups is 2. The first kappa shape index (κ1) is 18.8. The molecular formula is C19H14ClN3O3S. The molecule has 0 fully saturated rings. The van der Waals surface area contributed by atoms with E-state index < -0.39 is 5.97 Å². The van der Waals surface area contributed by atoms with Crippen LogP contribution in [0.4, 0.5) is 0 Å². The standard InChI is InChI=1S/C19H14ClN3O3S/c20-15(10-12-6-8-14(9-7-12)19(25)26)17-22-23-18(27-17)16(24)21-11-13-4-2-1-3-5-13/h1-10H,11H2,(H,21,24)(H,25,26)/b15-10+. The largest absolute Gasteiger partial charge is 0.478 e. The Balaban J connectivity index is 1.66. The van der Waals surface area contributed by atoms with Gasteiger partial charge in [0.05, 0.1) is 10.6 Å². The molecule has 136 valence electrons. The van der Waals surface area contributed by atoms with Crippen molar-refractivity contribution in [2.75, 3.05) is 0 Å². The maximum Gasteiger partial charge on any atom is 0.335 e. The van der Waals surface area contributed by atoms with Crippen molar-refractivity contribution < 1.29 is 14.7 Å². The number of nitrogens with one attached hydrogen (secondary N) is 1. The fraction of sp³-hybridized carbons (Fsp3) is 0.0526. The summed E-state index contributed by atoms with van der Waals surface area (Å²) in [4.78, 5) is 23.1. The van der Waals surface area contributed by atoms with E-state index in [1.165, 1.54) is 12.1 Å². The van der Waals surface area contributed by atoms with Crippen LogP contribution in [0.5, 0.6) is 0 Å². The van der Waals surface area contributed by atoms with E-state index in [2.05, 4.69) is 15.5 Å². The van der Waals surface area contributed by atoms with E-state index in [1.807, 2.05) is 30.3 Å². The SMILES string of the molecule is O=C(O)c1ccc(/C=C(/Cl)c2nnc(C(=O)NCc3ccccc3)s2)cc1. The van der Waals surface area contributed by atoms with Crippen LogP contribution in [0.2, 0.25) is 0 Å². The average Bonchev–Trinajstić information content (AvgIpc) is 3.18. The summed E-state index contributed by atoms with van der Waals surface area (Å²) < 4.78 is 0. The number of hydrogen-bond donors (Lipinski definition) is 2. The number of carboxylic acid groups (broad SMARTS) is 1. The maximum absolute atomic E-state index is 12.2. The van der Waals surface area contributed by atoms with E-state index in [0.717, 1.165) is 22.5 Å². The van der Waals surface area contributed by atoms with Crippen LogP contribution < -0.4 is 5.32 Å². The minimum absolute atomic E-state index is 0.191. The first-order valence-corrected chi connectivity index (χ1v) is 9.09. The van der Waals surface area contributed by atoms with Gasteiger partial charge in [-0.15, -0.1) is 10.2 Å². The number of aromatic nitrogens is 2. The van der Waals surface area contributed by atoms with Crippen LogP contribution in [0, 0.1) is 0 Å². The molecule has 1 heterocycles. The van der Waals surface area contributed by atoms with E-state index >= 15 is 0 Å². The Morgan fingerprint density at radius 3 is 2.37 bits per heavy atom. The zero-order valence-electron chi connectivity index (χ0n) is 13.9. The molecule has 0 aliphatic rings. The topological polar surface area (TPSA) is 92.2 Å². The highest BCUT2D eigenvalue weighted by molar-refractivity contribution is 7.15. The van der Waals surface area contributed by atoms with Crippen molar-refractivity contribution in [3.8, 4) is 0 Å². The number of aromatic carboxylic acids is 1. The van der Waals surface area contributed by atoms with E-state index in [-0.39, 0.29) is 16.5 Å². The van der Waals surface area contributed by atoms with Crippen molar-refractivity contribution in [3.05, 3.63) is 81.3 Å². The molecule has 0 bridgehead atoms. The molecule has 1 aromatic heterocycles. The third-order valence-electron chi connectivity index (χ3n) is 3.57. The Morgan fingerprint density at radius 1 is 1.04 bits per heavy atom. The van der Waals surface area contributed by atoms with Crippen LogP contribution in [-0.4, -0.2) is 27.2 Å². The molecule has 6 nitrogen and oxygen atoms in total. The van der Waals surface area contributed by atoms with Gasteiger partial charge in [-0.05, 0) is 29.3 Å². The number of nitrogens with zero attached hydrogens (tertiary/aromatic N) is 2. The molecule has 2 aromatic carbocycles. The summed E-state index contributed by atoms with van der Waals surface area (Å²) in [7, 11) is 0. The predicted molar refractivity (Wildman–Crippen MR) is 105 cm³/mol. The second-order valence-electron chi connectivity index (χ2n) is 5.50. The lowest BCUT2D eigenvalue weighted by atomic mass is 10.1. The Hall–Kier alpha value is -3.03. The zero-order chi connectivity index (χ0) is 19.2. The Kier molecular flexibility index (Phi) is 5.95. The summed E-state index contributed by atoms with van der Waals surface area (Å²) in [6.07, 6.45) is 1.64. The van der Waals surface area contributed by atoms with Crippen LogP contribution in [0.15, 0.2) is 54.6 Å². The van der Waals surface area contributed by atoms with Gasteiger partial charge in [0.25, 0.3) is 5.91 Å². The number of carbonyl (C=O) groups excluding carboxylic acids is 1. The third-order valence-corrected chi connectivity index (χ3v) is 4.93. The van der Waals surface area contributed by atoms with Crippen molar-refractivity contribution in [3.63, 3.8) is 0 Å². The monoisotopic (exact) mass is 399 g/mol. The van der Waals surface area contributed by atoms with Crippen molar-refractivity contribution in [2.45, 2.75) is 6.54 Å². The summed E-state index contributed by atoms with van der Waals surface area (Å²) in [5.74, 6) is -1.32. The molecule has 1 amide bonds. The fourth-order valence-corrected chi connectivity index (χ4v) is 3.14. The van der Waals surface area contributed by atoms with Gasteiger partial charge in [0.15, 0.2) is 5.01 Å². The lowest BCUT2D eigenvalue weighted by Gasteiger charge is -2.02. The summed E-state index contributed by atoms with van der Waals surface area (Å²) in [6, 6.07) is 15.8. The van der Waals surface area contributed by atoms with Gasteiger partial charge < -0.3 is 10.4 Å². The highest BCUT2D eigenvalue weighted by Gasteiger charge is 2.14. The van der Waals surface area contributed by atoms with Gasteiger partial charge >= 0.3 is 5.97 Å². The number of carboxylic acids is 1. The first-order valence-electron chi connectivity index (χ1n) is 7.89. The van der Waals surface area contributed by atoms with Crippen molar-refractivity contribution in [1.82, 2.24) is 15.5 Å². The summed E-state index contributed by atoms with van der Waals surface area (Å²) in [5.41, 5.74) is 1.89. The molecule has 0 saturated heterocycles. The number of hydrogen-bond acceptors (Lipinski definition) is 5. The molecule has 3 aromatic rings. The highest BCUT2D eigenvalue weighted by Crippen LogP contribution is 2.25. The number of halogens is 1. The minimum Gasteiger partial charge on any atom is -0.478 e. The van der Waals surface area contributed by atoms with Gasteiger partial charge in [0, 0.05) is 6.54 Å². The smallest absolute Gasteiger partial charge is 0.335 e. The molecule has 0 radical (unpaired) electrons. The van der Waals surface area contributed by atoms with Gasteiger partial charge in [0.1, 0.15) is 0 Å². The summed E-state index contributed by atoms with van der Waals surface area (Å²) in [6.45, 7) is 0.397. The molecule has 0 atom stereocenters. The molecule has 0 aliphatic heterocycles. The van der Waals surface area contributed by atoms with Gasteiger partial charge in [0.2, 0.25) is 5.01 Å². The number of amides is 1. The lowest BCUT2D eigenvalue weighted by molar-refractivity contribution is 0.0696. The van der Waals surface area contributed by atoms with E-state index in [1.54, 1.807) is 18.2 Å². The maximum atomic E-state index is 12.2. The average molecular weight is 400 g/mol. The quantitative estimate of drug-likeness (QED) is 0.655.